The third kappa shape index (κ3) is 3.92. The van der Waals surface area contributed by atoms with Gasteiger partial charge in [0, 0.05) is 41.0 Å². The van der Waals surface area contributed by atoms with Crippen molar-refractivity contribution in [3.8, 4) is 16.9 Å². The molecule has 162 valence electrons. The van der Waals surface area contributed by atoms with Crippen LogP contribution in [0.4, 0.5) is 4.79 Å². The number of urea groups is 1. The summed E-state index contributed by atoms with van der Waals surface area (Å²) >= 11 is 0. The van der Waals surface area contributed by atoms with E-state index in [1.165, 1.54) is 0 Å². The molecule has 2 amide bonds. The van der Waals surface area contributed by atoms with Crippen LogP contribution in [0.1, 0.15) is 17.0 Å². The summed E-state index contributed by atoms with van der Waals surface area (Å²) in [6, 6.07) is 10.5. The van der Waals surface area contributed by atoms with Gasteiger partial charge in [0.25, 0.3) is 0 Å². The highest BCUT2D eigenvalue weighted by molar-refractivity contribution is 7.85. The molecule has 2 aromatic carbocycles. The number of carbonyl (C=O) groups excluding carboxylic acids is 1. The van der Waals surface area contributed by atoms with E-state index in [4.69, 9.17) is 4.74 Å². The van der Waals surface area contributed by atoms with Gasteiger partial charge < -0.3 is 19.5 Å². The van der Waals surface area contributed by atoms with E-state index in [1.807, 2.05) is 22.8 Å². The van der Waals surface area contributed by atoms with Crippen LogP contribution in [0.5, 0.6) is 5.75 Å². The van der Waals surface area contributed by atoms with Crippen LogP contribution in [-0.2, 0) is 17.3 Å². The Bertz CT molecular complexity index is 1180. The average Bonchev–Trinajstić information content (AvgIpc) is 2.99. The van der Waals surface area contributed by atoms with E-state index in [9.17, 15) is 9.00 Å². The quantitative estimate of drug-likeness (QED) is 0.633. The van der Waals surface area contributed by atoms with E-state index in [2.05, 4.69) is 41.2 Å². The molecule has 2 aliphatic heterocycles. The predicted molar refractivity (Wildman–Crippen MR) is 122 cm³/mol. The van der Waals surface area contributed by atoms with Gasteiger partial charge in [0.05, 0.1) is 24.1 Å². The van der Waals surface area contributed by atoms with Crippen molar-refractivity contribution in [3.63, 3.8) is 0 Å². The van der Waals surface area contributed by atoms with Crippen molar-refractivity contribution in [1.82, 2.24) is 19.8 Å². The normalized spacial score (nSPS) is 17.4. The molecule has 0 saturated carbocycles. The van der Waals surface area contributed by atoms with Gasteiger partial charge in [-0.25, -0.2) is 9.78 Å². The number of ether oxygens (including phenoxy) is 1. The SMILES string of the molecule is Cc1nc2ccc(-c3cc(C)c4c(c3)CN(C(=O)N3CCS(=O)CC3)CCO4)cc2[nH]1. The van der Waals surface area contributed by atoms with Gasteiger partial charge in [-0.2, -0.15) is 0 Å². The largest absolute Gasteiger partial charge is 0.491 e. The molecule has 0 spiro atoms. The fraction of sp³-hybridized carbons (Fsp3) is 0.391. The third-order valence-corrected chi connectivity index (χ3v) is 7.25. The first-order valence-corrected chi connectivity index (χ1v) is 12.1. The van der Waals surface area contributed by atoms with Crippen molar-refractivity contribution in [2.24, 2.45) is 0 Å². The smallest absolute Gasteiger partial charge is 0.320 e. The number of aromatic amines is 1. The number of aromatic nitrogens is 2. The molecule has 0 aliphatic carbocycles. The predicted octanol–water partition coefficient (Wildman–Crippen LogP) is 3.23. The molecule has 1 fully saturated rings. The summed E-state index contributed by atoms with van der Waals surface area (Å²) in [4.78, 5) is 24.6. The highest BCUT2D eigenvalue weighted by Gasteiger charge is 2.27. The number of hydrogen-bond acceptors (Lipinski definition) is 4. The second-order valence-corrected chi connectivity index (χ2v) is 9.92. The Morgan fingerprint density at radius 2 is 1.87 bits per heavy atom. The van der Waals surface area contributed by atoms with Gasteiger partial charge in [0.2, 0.25) is 0 Å². The average molecular weight is 439 g/mol. The number of imidazole rings is 1. The van der Waals surface area contributed by atoms with Gasteiger partial charge in [-0.15, -0.1) is 0 Å². The van der Waals surface area contributed by atoms with E-state index in [0.717, 1.165) is 44.9 Å². The third-order valence-electron chi connectivity index (χ3n) is 5.97. The van der Waals surface area contributed by atoms with Crippen molar-refractivity contribution in [3.05, 3.63) is 47.3 Å². The Kier molecular flexibility index (Phi) is 5.17. The van der Waals surface area contributed by atoms with Crippen LogP contribution in [-0.4, -0.2) is 67.8 Å². The lowest BCUT2D eigenvalue weighted by Gasteiger charge is -2.32. The number of aryl methyl sites for hydroxylation is 2. The van der Waals surface area contributed by atoms with E-state index in [0.29, 0.717) is 44.3 Å². The number of hydrogen-bond donors (Lipinski definition) is 1. The van der Waals surface area contributed by atoms with Gasteiger partial charge in [-0.1, -0.05) is 6.07 Å². The maximum atomic E-state index is 13.1. The van der Waals surface area contributed by atoms with Crippen LogP contribution in [0, 0.1) is 13.8 Å². The molecule has 5 rings (SSSR count). The van der Waals surface area contributed by atoms with Crippen LogP contribution in [0.15, 0.2) is 30.3 Å². The molecule has 0 unspecified atom stereocenters. The molecular weight excluding hydrogens is 412 g/mol. The molecule has 0 atom stereocenters. The maximum Gasteiger partial charge on any atom is 0.320 e. The molecule has 7 nitrogen and oxygen atoms in total. The molecule has 1 N–H and O–H groups in total. The van der Waals surface area contributed by atoms with Crippen molar-refractivity contribution in [2.75, 3.05) is 37.7 Å². The highest BCUT2D eigenvalue weighted by Crippen LogP contribution is 2.34. The Labute approximate surface area is 183 Å². The summed E-state index contributed by atoms with van der Waals surface area (Å²) in [5.41, 5.74) is 6.24. The van der Waals surface area contributed by atoms with Crippen LogP contribution in [0.25, 0.3) is 22.2 Å². The summed E-state index contributed by atoms with van der Waals surface area (Å²) in [5.74, 6) is 2.89. The molecular formula is C23H26N4O3S. The molecule has 8 heteroatoms. The zero-order chi connectivity index (χ0) is 21.5. The summed E-state index contributed by atoms with van der Waals surface area (Å²) < 4.78 is 17.7. The fourth-order valence-corrected chi connectivity index (χ4v) is 5.44. The van der Waals surface area contributed by atoms with E-state index in [-0.39, 0.29) is 6.03 Å². The molecule has 3 aromatic rings. The van der Waals surface area contributed by atoms with Gasteiger partial charge >= 0.3 is 6.03 Å². The summed E-state index contributed by atoms with van der Waals surface area (Å²) in [5, 5.41) is 0. The zero-order valence-corrected chi connectivity index (χ0v) is 18.6. The van der Waals surface area contributed by atoms with Gasteiger partial charge in [-0.05, 0) is 54.8 Å². The number of H-pyrrole nitrogens is 1. The number of nitrogens with one attached hydrogen (secondary N) is 1. The Balaban J connectivity index is 1.45. The molecule has 1 aromatic heterocycles. The Hall–Kier alpha value is -2.87. The monoisotopic (exact) mass is 438 g/mol. The van der Waals surface area contributed by atoms with E-state index < -0.39 is 10.8 Å². The highest BCUT2D eigenvalue weighted by atomic mass is 32.2. The summed E-state index contributed by atoms with van der Waals surface area (Å²) in [7, 11) is -0.802. The van der Waals surface area contributed by atoms with Crippen LogP contribution < -0.4 is 4.74 Å². The minimum Gasteiger partial charge on any atom is -0.491 e. The van der Waals surface area contributed by atoms with Crippen molar-refractivity contribution >= 4 is 27.9 Å². The number of fused-ring (bicyclic) bond motifs is 2. The van der Waals surface area contributed by atoms with E-state index in [1.54, 1.807) is 0 Å². The first-order valence-electron chi connectivity index (χ1n) is 10.6. The molecule has 0 radical (unpaired) electrons. The second-order valence-electron chi connectivity index (χ2n) is 8.22. The van der Waals surface area contributed by atoms with Crippen LogP contribution in [0.2, 0.25) is 0 Å². The minimum atomic E-state index is -0.802. The fourth-order valence-electron chi connectivity index (χ4n) is 4.39. The van der Waals surface area contributed by atoms with Crippen molar-refractivity contribution < 1.29 is 13.7 Å². The van der Waals surface area contributed by atoms with Gasteiger partial charge in [-0.3, -0.25) is 4.21 Å². The lowest BCUT2D eigenvalue weighted by atomic mass is 9.98. The molecule has 1 saturated heterocycles. The zero-order valence-electron chi connectivity index (χ0n) is 17.8. The van der Waals surface area contributed by atoms with Crippen molar-refractivity contribution in [2.45, 2.75) is 20.4 Å². The topological polar surface area (TPSA) is 78.5 Å². The number of benzene rings is 2. The summed E-state index contributed by atoms with van der Waals surface area (Å²) in [6.07, 6.45) is 0. The number of nitrogens with zero attached hydrogens (tertiary/aromatic N) is 3. The molecule has 31 heavy (non-hydrogen) atoms. The standard InChI is InChI=1S/C23H26N4O3S/c1-15-11-18(17-3-4-20-21(13-17)25-16(2)24-20)12-19-14-27(5-8-30-22(15)19)23(28)26-6-9-31(29)10-7-26/h3-4,11-13H,5-10,14H2,1-2H3,(H,24,25). The first-order chi connectivity index (χ1) is 15.0. The molecule has 3 heterocycles. The Morgan fingerprint density at radius 1 is 1.06 bits per heavy atom. The van der Waals surface area contributed by atoms with Crippen LogP contribution >= 0.6 is 0 Å². The number of carbonyl (C=O) groups is 1. The maximum absolute atomic E-state index is 13.1. The minimum absolute atomic E-state index is 0.00515. The van der Waals surface area contributed by atoms with Gasteiger partial charge in [0.1, 0.15) is 18.2 Å². The van der Waals surface area contributed by atoms with Gasteiger partial charge in [0.15, 0.2) is 0 Å². The number of amides is 2. The van der Waals surface area contributed by atoms with Crippen molar-refractivity contribution in [1.29, 1.82) is 0 Å². The van der Waals surface area contributed by atoms with E-state index >= 15 is 0 Å². The molecule has 2 aliphatic rings. The number of rotatable bonds is 1. The Morgan fingerprint density at radius 3 is 2.68 bits per heavy atom. The lowest BCUT2D eigenvalue weighted by Crippen LogP contribution is -2.49. The second kappa shape index (κ2) is 8.00. The van der Waals surface area contributed by atoms with Crippen LogP contribution in [0.3, 0.4) is 0 Å². The first kappa shape index (κ1) is 20.1. The summed E-state index contributed by atoms with van der Waals surface area (Å²) in [6.45, 7) is 6.64. The molecule has 0 bridgehead atoms. The lowest BCUT2D eigenvalue weighted by molar-refractivity contribution is 0.149.